The number of fused-ring (bicyclic) bond motifs is 1. The maximum Gasteiger partial charge on any atom is 0.165 e. The van der Waals surface area contributed by atoms with Crippen molar-refractivity contribution < 1.29 is 0 Å². The number of aryl methyl sites for hydroxylation is 1. The Morgan fingerprint density at radius 3 is 2.13 bits per heavy atom. The zero-order chi connectivity index (χ0) is 15.6. The second kappa shape index (κ2) is 5.65. The van der Waals surface area contributed by atoms with Crippen LogP contribution in [-0.4, -0.2) is 19.6 Å². The molecule has 0 aliphatic rings. The van der Waals surface area contributed by atoms with Gasteiger partial charge in [0.05, 0.1) is 5.69 Å². The minimum Gasteiger partial charge on any atom is -0.214 e. The molecule has 2 aromatic carbocycles. The largest absolute Gasteiger partial charge is 0.214 e. The van der Waals surface area contributed by atoms with E-state index < -0.39 is 0 Å². The van der Waals surface area contributed by atoms with Crippen molar-refractivity contribution in [3.8, 4) is 22.6 Å². The molecule has 4 aromatic rings. The summed E-state index contributed by atoms with van der Waals surface area (Å²) in [6, 6.07) is 22.3. The van der Waals surface area contributed by atoms with Gasteiger partial charge in [0, 0.05) is 23.6 Å². The number of benzene rings is 2. The minimum absolute atomic E-state index is 0.794. The van der Waals surface area contributed by atoms with E-state index in [4.69, 9.17) is 5.10 Å². The first kappa shape index (κ1) is 13.6. The summed E-state index contributed by atoms with van der Waals surface area (Å²) in [6.45, 7) is 2.06. The molecule has 0 radical (unpaired) electrons. The highest BCUT2D eigenvalue weighted by Gasteiger charge is 2.12. The number of hydrogen-bond acceptors (Lipinski definition) is 3. The highest BCUT2D eigenvalue weighted by molar-refractivity contribution is 5.66. The van der Waals surface area contributed by atoms with Gasteiger partial charge in [-0.3, -0.25) is 0 Å². The summed E-state index contributed by atoms with van der Waals surface area (Å²) in [5.41, 5.74) is 3.85. The van der Waals surface area contributed by atoms with Crippen LogP contribution in [0.3, 0.4) is 0 Å². The predicted molar refractivity (Wildman–Crippen MR) is 91.0 cm³/mol. The van der Waals surface area contributed by atoms with Gasteiger partial charge in [0.25, 0.3) is 0 Å². The van der Waals surface area contributed by atoms with E-state index in [1.807, 2.05) is 59.1 Å². The molecule has 4 nitrogen and oxygen atoms in total. The maximum atomic E-state index is 4.73. The van der Waals surface area contributed by atoms with Gasteiger partial charge in [-0.2, -0.15) is 9.61 Å². The summed E-state index contributed by atoms with van der Waals surface area (Å²) >= 11 is 0. The van der Waals surface area contributed by atoms with E-state index in [1.54, 1.807) is 0 Å². The van der Waals surface area contributed by atoms with Crippen LogP contribution in [0, 0.1) is 0 Å². The molecule has 0 spiro atoms. The lowest BCUT2D eigenvalue weighted by molar-refractivity contribution is 0.852. The molecule has 4 heteroatoms. The third kappa shape index (κ3) is 2.48. The molecule has 0 aliphatic heterocycles. The Morgan fingerprint density at radius 1 is 0.826 bits per heavy atom. The van der Waals surface area contributed by atoms with E-state index in [0.29, 0.717) is 0 Å². The van der Waals surface area contributed by atoms with E-state index >= 15 is 0 Å². The number of aromatic nitrogens is 4. The van der Waals surface area contributed by atoms with Crippen molar-refractivity contribution in [3.05, 3.63) is 72.6 Å². The van der Waals surface area contributed by atoms with Gasteiger partial charge in [-0.15, -0.1) is 0 Å². The summed E-state index contributed by atoms with van der Waals surface area (Å²) < 4.78 is 1.83. The average Bonchev–Trinajstić information content (AvgIpc) is 3.06. The van der Waals surface area contributed by atoms with Crippen LogP contribution in [-0.2, 0) is 6.42 Å². The summed E-state index contributed by atoms with van der Waals surface area (Å²) in [7, 11) is 0. The monoisotopic (exact) mass is 300 g/mol. The maximum absolute atomic E-state index is 4.73. The van der Waals surface area contributed by atoms with Crippen molar-refractivity contribution >= 4 is 5.65 Å². The Balaban J connectivity index is 1.97. The first-order chi connectivity index (χ1) is 11.3. The first-order valence-corrected chi connectivity index (χ1v) is 7.72. The van der Waals surface area contributed by atoms with Gasteiger partial charge in [-0.05, 0) is 0 Å². The van der Waals surface area contributed by atoms with Crippen molar-refractivity contribution in [1.82, 2.24) is 19.6 Å². The topological polar surface area (TPSA) is 43.1 Å². The number of nitrogens with zero attached hydrogens (tertiary/aromatic N) is 4. The lowest BCUT2D eigenvalue weighted by Crippen LogP contribution is -2.04. The summed E-state index contributed by atoms with van der Waals surface area (Å²) in [5, 5.41) is 4.73. The van der Waals surface area contributed by atoms with Crippen LogP contribution < -0.4 is 0 Å². The van der Waals surface area contributed by atoms with Gasteiger partial charge in [0.1, 0.15) is 5.82 Å². The predicted octanol–water partition coefficient (Wildman–Crippen LogP) is 4.02. The smallest absolute Gasteiger partial charge is 0.165 e. The summed E-state index contributed by atoms with van der Waals surface area (Å²) in [4.78, 5) is 9.30. The van der Waals surface area contributed by atoms with E-state index in [9.17, 15) is 0 Å². The third-order valence-corrected chi connectivity index (χ3v) is 3.79. The quantitative estimate of drug-likeness (QED) is 0.574. The normalized spacial score (nSPS) is 11.0. The molecule has 0 bridgehead atoms. The Morgan fingerprint density at radius 2 is 1.48 bits per heavy atom. The van der Waals surface area contributed by atoms with Crippen LogP contribution in [0.5, 0.6) is 0 Å². The van der Waals surface area contributed by atoms with Crippen molar-refractivity contribution in [1.29, 1.82) is 0 Å². The van der Waals surface area contributed by atoms with Gasteiger partial charge >= 0.3 is 0 Å². The molecular formula is C19H16N4. The van der Waals surface area contributed by atoms with Crippen molar-refractivity contribution in [2.24, 2.45) is 0 Å². The van der Waals surface area contributed by atoms with Gasteiger partial charge in [-0.25, -0.2) is 9.97 Å². The van der Waals surface area contributed by atoms with Crippen molar-refractivity contribution in [3.63, 3.8) is 0 Å². The minimum atomic E-state index is 0.794. The zero-order valence-corrected chi connectivity index (χ0v) is 12.8. The van der Waals surface area contributed by atoms with Gasteiger partial charge < -0.3 is 0 Å². The lowest BCUT2D eigenvalue weighted by atomic mass is 10.2. The van der Waals surface area contributed by atoms with Crippen LogP contribution in [0.25, 0.3) is 28.3 Å². The van der Waals surface area contributed by atoms with Crippen LogP contribution in [0.4, 0.5) is 0 Å². The molecule has 0 unspecified atom stereocenters. The molecule has 2 heterocycles. The second-order valence-electron chi connectivity index (χ2n) is 5.35. The fraction of sp³-hybridized carbons (Fsp3) is 0.105. The Bertz CT molecular complexity index is 943. The molecule has 0 fully saturated rings. The molecule has 0 saturated carbocycles. The Kier molecular flexibility index (Phi) is 3.35. The van der Waals surface area contributed by atoms with Crippen LogP contribution in [0.2, 0.25) is 0 Å². The van der Waals surface area contributed by atoms with Gasteiger partial charge in [0.2, 0.25) is 0 Å². The molecular weight excluding hydrogens is 284 g/mol. The Labute approximate surface area is 134 Å². The molecule has 0 amide bonds. The van der Waals surface area contributed by atoms with Crippen LogP contribution in [0.15, 0.2) is 66.7 Å². The summed E-state index contributed by atoms with van der Waals surface area (Å²) in [6.07, 6.45) is 0.794. The van der Waals surface area contributed by atoms with Crippen molar-refractivity contribution in [2.45, 2.75) is 13.3 Å². The zero-order valence-electron chi connectivity index (χ0n) is 12.8. The molecule has 0 atom stereocenters. The van der Waals surface area contributed by atoms with Gasteiger partial charge in [-0.1, -0.05) is 67.6 Å². The van der Waals surface area contributed by atoms with Crippen molar-refractivity contribution in [2.75, 3.05) is 0 Å². The number of hydrogen-bond donors (Lipinski definition) is 0. The molecule has 4 rings (SSSR count). The van der Waals surface area contributed by atoms with Gasteiger partial charge in [0.15, 0.2) is 11.5 Å². The molecule has 23 heavy (non-hydrogen) atoms. The highest BCUT2D eigenvalue weighted by atomic mass is 15.3. The molecule has 0 N–H and O–H groups in total. The fourth-order valence-electron chi connectivity index (χ4n) is 2.62. The standard InChI is InChI=1S/C19H16N4/c1-2-17-20-18-13-16(14-9-5-3-6-10-14)22-23(18)19(21-17)15-11-7-4-8-12-15/h3-13H,2H2,1H3. The van der Waals surface area contributed by atoms with E-state index in [1.165, 1.54) is 0 Å². The SMILES string of the molecule is CCc1nc(-c2ccccc2)n2nc(-c3ccccc3)cc2n1. The van der Waals surface area contributed by atoms with Crippen LogP contribution >= 0.6 is 0 Å². The first-order valence-electron chi connectivity index (χ1n) is 7.72. The van der Waals surface area contributed by atoms with E-state index in [0.717, 1.165) is 40.5 Å². The van der Waals surface area contributed by atoms with Crippen LogP contribution in [0.1, 0.15) is 12.7 Å². The molecule has 0 aliphatic carbocycles. The lowest BCUT2D eigenvalue weighted by Gasteiger charge is -2.05. The molecule has 112 valence electrons. The Hall–Kier alpha value is -3.01. The fourth-order valence-corrected chi connectivity index (χ4v) is 2.62. The van der Waals surface area contributed by atoms with E-state index in [2.05, 4.69) is 29.0 Å². The molecule has 2 aromatic heterocycles. The number of rotatable bonds is 3. The second-order valence-corrected chi connectivity index (χ2v) is 5.35. The third-order valence-electron chi connectivity index (χ3n) is 3.79. The summed E-state index contributed by atoms with van der Waals surface area (Å²) in [5.74, 6) is 1.66. The highest BCUT2D eigenvalue weighted by Crippen LogP contribution is 2.23. The average molecular weight is 300 g/mol. The van der Waals surface area contributed by atoms with E-state index in [-0.39, 0.29) is 0 Å². The molecule has 0 saturated heterocycles.